The van der Waals surface area contributed by atoms with Gasteiger partial charge in [0.15, 0.2) is 0 Å². The SMILES string of the molecule is C=CN/C(=C\c1cccc(N=O)c1)C(=O)NN1CCNC1Cc1cccc2ccccc12. The second-order valence-corrected chi connectivity index (χ2v) is 7.54. The number of rotatable bonds is 8. The number of nitrogens with zero attached hydrogens (tertiary/aromatic N) is 2. The number of amides is 1. The lowest BCUT2D eigenvalue weighted by Crippen LogP contribution is -2.50. The normalized spacial score (nSPS) is 16.6. The van der Waals surface area contributed by atoms with Gasteiger partial charge in [0.1, 0.15) is 11.4 Å². The van der Waals surface area contributed by atoms with E-state index in [1.54, 1.807) is 30.3 Å². The maximum atomic E-state index is 13.0. The molecule has 0 bridgehead atoms. The summed E-state index contributed by atoms with van der Waals surface area (Å²) in [6, 6.07) is 21.3. The summed E-state index contributed by atoms with van der Waals surface area (Å²) in [5.74, 6) is -0.291. The summed E-state index contributed by atoms with van der Waals surface area (Å²) < 4.78 is 0. The Kier molecular flexibility index (Phi) is 6.69. The van der Waals surface area contributed by atoms with Crippen LogP contribution in [0.3, 0.4) is 0 Å². The molecule has 1 saturated heterocycles. The number of hydrazine groups is 1. The van der Waals surface area contributed by atoms with Gasteiger partial charge < -0.3 is 5.32 Å². The van der Waals surface area contributed by atoms with Crippen molar-refractivity contribution in [1.82, 2.24) is 21.1 Å². The number of nitroso groups, excluding NO2 is 1. The molecule has 1 aliphatic heterocycles. The highest BCUT2D eigenvalue weighted by molar-refractivity contribution is 5.97. The molecule has 1 fully saturated rings. The summed E-state index contributed by atoms with van der Waals surface area (Å²) in [4.78, 5) is 23.8. The Morgan fingerprint density at radius 3 is 2.81 bits per heavy atom. The van der Waals surface area contributed by atoms with Crippen LogP contribution in [-0.2, 0) is 11.2 Å². The fraction of sp³-hybridized carbons (Fsp3) is 0.160. The van der Waals surface area contributed by atoms with Gasteiger partial charge >= 0.3 is 0 Å². The molecule has 7 heteroatoms. The van der Waals surface area contributed by atoms with Crippen LogP contribution in [-0.4, -0.2) is 30.2 Å². The maximum Gasteiger partial charge on any atom is 0.282 e. The molecule has 0 radical (unpaired) electrons. The summed E-state index contributed by atoms with van der Waals surface area (Å²) in [5, 5.41) is 13.6. The van der Waals surface area contributed by atoms with Gasteiger partial charge in [-0.05, 0) is 51.5 Å². The third-order valence-corrected chi connectivity index (χ3v) is 5.44. The Balaban J connectivity index is 1.50. The van der Waals surface area contributed by atoms with Crippen LogP contribution in [0.2, 0.25) is 0 Å². The molecule has 3 aromatic carbocycles. The summed E-state index contributed by atoms with van der Waals surface area (Å²) in [7, 11) is 0. The molecule has 7 nitrogen and oxygen atoms in total. The van der Waals surface area contributed by atoms with Crippen molar-refractivity contribution in [2.45, 2.75) is 12.6 Å². The molecule has 0 saturated carbocycles. The van der Waals surface area contributed by atoms with Crippen molar-refractivity contribution in [2.24, 2.45) is 5.18 Å². The molecule has 0 spiro atoms. The van der Waals surface area contributed by atoms with Gasteiger partial charge in [0.2, 0.25) is 0 Å². The van der Waals surface area contributed by atoms with Gasteiger partial charge in [-0.3, -0.25) is 15.5 Å². The van der Waals surface area contributed by atoms with E-state index in [1.165, 1.54) is 22.5 Å². The van der Waals surface area contributed by atoms with Gasteiger partial charge in [-0.15, -0.1) is 4.91 Å². The fourth-order valence-electron chi connectivity index (χ4n) is 3.92. The molecule has 1 amide bonds. The minimum absolute atomic E-state index is 0.0303. The predicted octanol–water partition coefficient (Wildman–Crippen LogP) is 3.82. The molecule has 1 unspecified atom stereocenters. The number of nitrogens with one attached hydrogen (secondary N) is 3. The Hall–Kier alpha value is -3.81. The van der Waals surface area contributed by atoms with Gasteiger partial charge in [-0.25, -0.2) is 5.01 Å². The minimum atomic E-state index is -0.291. The number of benzene rings is 3. The van der Waals surface area contributed by atoms with Crippen molar-refractivity contribution in [3.05, 3.63) is 101 Å². The van der Waals surface area contributed by atoms with Crippen molar-refractivity contribution in [1.29, 1.82) is 0 Å². The number of carbonyl (C=O) groups is 1. The van der Waals surface area contributed by atoms with E-state index in [2.05, 4.69) is 58.1 Å². The van der Waals surface area contributed by atoms with Gasteiger partial charge in [-0.2, -0.15) is 0 Å². The van der Waals surface area contributed by atoms with E-state index in [4.69, 9.17) is 0 Å². The molecule has 1 aliphatic rings. The fourth-order valence-corrected chi connectivity index (χ4v) is 3.92. The highest BCUT2D eigenvalue weighted by atomic mass is 16.3. The van der Waals surface area contributed by atoms with Gasteiger partial charge in [0, 0.05) is 19.5 Å². The van der Waals surface area contributed by atoms with Crippen LogP contribution in [0.25, 0.3) is 16.8 Å². The first kappa shape index (κ1) is 21.4. The number of hydrogen-bond donors (Lipinski definition) is 3. The lowest BCUT2D eigenvalue weighted by molar-refractivity contribution is -0.122. The number of hydrogen-bond acceptors (Lipinski definition) is 6. The largest absolute Gasteiger partial charge is 0.358 e. The van der Waals surface area contributed by atoms with Crippen LogP contribution in [0.4, 0.5) is 5.69 Å². The van der Waals surface area contributed by atoms with E-state index >= 15 is 0 Å². The van der Waals surface area contributed by atoms with Crippen LogP contribution < -0.4 is 16.1 Å². The summed E-state index contributed by atoms with van der Waals surface area (Å²) in [6.07, 6.45) is 3.83. The molecule has 0 aliphatic carbocycles. The van der Waals surface area contributed by atoms with Crippen molar-refractivity contribution in [2.75, 3.05) is 13.1 Å². The standard InChI is InChI=1S/C25H25N5O2/c1-2-26-23(16-18-7-5-11-21(15-18)29-32)25(31)28-30-14-13-27-24(30)17-20-10-6-9-19-8-3-4-12-22(19)20/h2-12,15-16,24,26-27H,1,13-14,17H2,(H,28,31)/b23-16-. The molecule has 162 valence electrons. The smallest absolute Gasteiger partial charge is 0.282 e. The van der Waals surface area contributed by atoms with Gasteiger partial charge in [0.25, 0.3) is 5.91 Å². The monoisotopic (exact) mass is 427 g/mol. The second kappa shape index (κ2) is 10.00. The summed E-state index contributed by atoms with van der Waals surface area (Å²) in [5.41, 5.74) is 5.53. The molecule has 1 heterocycles. The van der Waals surface area contributed by atoms with Crippen LogP contribution in [0.5, 0.6) is 0 Å². The zero-order valence-electron chi connectivity index (χ0n) is 17.6. The second-order valence-electron chi connectivity index (χ2n) is 7.54. The van der Waals surface area contributed by atoms with Crippen molar-refractivity contribution < 1.29 is 4.79 Å². The molecule has 3 N–H and O–H groups in total. The Bertz CT molecular complexity index is 1170. The summed E-state index contributed by atoms with van der Waals surface area (Å²) >= 11 is 0. The molecular formula is C25H25N5O2. The number of fused-ring (bicyclic) bond motifs is 1. The van der Waals surface area contributed by atoms with Gasteiger partial charge in [-0.1, -0.05) is 61.2 Å². The lowest BCUT2D eigenvalue weighted by atomic mass is 10.0. The average molecular weight is 428 g/mol. The first-order valence-electron chi connectivity index (χ1n) is 10.5. The molecular weight excluding hydrogens is 402 g/mol. The quantitative estimate of drug-likeness (QED) is 0.376. The average Bonchev–Trinajstić information content (AvgIpc) is 3.25. The third-order valence-electron chi connectivity index (χ3n) is 5.44. The Morgan fingerprint density at radius 2 is 1.97 bits per heavy atom. The van der Waals surface area contributed by atoms with Crippen LogP contribution in [0, 0.1) is 4.91 Å². The van der Waals surface area contributed by atoms with E-state index in [0.717, 1.165) is 13.0 Å². The van der Waals surface area contributed by atoms with E-state index in [0.29, 0.717) is 23.5 Å². The molecule has 1 atom stereocenters. The summed E-state index contributed by atoms with van der Waals surface area (Å²) in [6.45, 7) is 5.13. The zero-order chi connectivity index (χ0) is 22.3. The predicted molar refractivity (Wildman–Crippen MR) is 127 cm³/mol. The highest BCUT2D eigenvalue weighted by Gasteiger charge is 2.27. The first-order chi connectivity index (χ1) is 15.7. The van der Waals surface area contributed by atoms with Crippen molar-refractivity contribution >= 4 is 28.4 Å². The third kappa shape index (κ3) is 4.91. The topological polar surface area (TPSA) is 85.8 Å². The molecule has 4 rings (SSSR count). The Morgan fingerprint density at radius 1 is 1.16 bits per heavy atom. The number of carbonyl (C=O) groups excluding carboxylic acids is 1. The zero-order valence-corrected chi connectivity index (χ0v) is 17.6. The van der Waals surface area contributed by atoms with Crippen LogP contribution in [0.1, 0.15) is 11.1 Å². The first-order valence-corrected chi connectivity index (χ1v) is 10.5. The van der Waals surface area contributed by atoms with Crippen LogP contribution >= 0.6 is 0 Å². The van der Waals surface area contributed by atoms with Crippen molar-refractivity contribution in [3.63, 3.8) is 0 Å². The van der Waals surface area contributed by atoms with E-state index in [9.17, 15) is 9.70 Å². The van der Waals surface area contributed by atoms with E-state index in [1.807, 2.05) is 17.1 Å². The highest BCUT2D eigenvalue weighted by Crippen LogP contribution is 2.21. The molecule has 0 aromatic heterocycles. The lowest BCUT2D eigenvalue weighted by Gasteiger charge is -2.25. The van der Waals surface area contributed by atoms with Crippen LogP contribution in [0.15, 0.2) is 90.4 Å². The van der Waals surface area contributed by atoms with Crippen molar-refractivity contribution in [3.8, 4) is 0 Å². The Labute approximate surface area is 186 Å². The van der Waals surface area contributed by atoms with Gasteiger partial charge in [0.05, 0.1) is 6.17 Å². The van der Waals surface area contributed by atoms with E-state index < -0.39 is 0 Å². The molecule has 3 aromatic rings. The molecule has 32 heavy (non-hydrogen) atoms. The maximum absolute atomic E-state index is 13.0. The minimum Gasteiger partial charge on any atom is -0.358 e. The van der Waals surface area contributed by atoms with E-state index in [-0.39, 0.29) is 12.1 Å².